The van der Waals surface area contributed by atoms with E-state index in [1.165, 1.54) is 6.20 Å². The summed E-state index contributed by atoms with van der Waals surface area (Å²) < 4.78 is 21.4. The van der Waals surface area contributed by atoms with Crippen molar-refractivity contribution >= 4 is 29.5 Å². The number of benzene rings is 1. The zero-order valence-electron chi connectivity index (χ0n) is 25.2. The maximum absolute atomic E-state index is 13.3. The van der Waals surface area contributed by atoms with Gasteiger partial charge in [-0.3, -0.25) is 9.59 Å². The normalized spacial score (nSPS) is 11.5. The standard InChI is InChI=1S/C29H42ClN5O7/c1-7-29(8-2,26(37)31-13-15-40-16-14-32-27(38)42-28(3,4)5)35-24(36)22-19-33-25(41-18-17-39-6)23(34-22)20-9-11-21(30)12-10-20/h9-12,19H,7-8,13-18H2,1-6H3,(H,31,37)(H,32,38)(H,35,36). The van der Waals surface area contributed by atoms with Gasteiger partial charge in [-0.25, -0.2) is 14.8 Å². The Kier molecular flexibility index (Phi) is 13.9. The fraction of sp³-hybridized carbons (Fsp3) is 0.552. The summed E-state index contributed by atoms with van der Waals surface area (Å²) in [5.41, 5.74) is -0.713. The number of methoxy groups -OCH3 is 1. The summed E-state index contributed by atoms with van der Waals surface area (Å²) in [5.74, 6) is -0.659. The average molecular weight is 608 g/mol. The van der Waals surface area contributed by atoms with Crippen LogP contribution in [-0.4, -0.2) is 85.6 Å². The van der Waals surface area contributed by atoms with Crippen LogP contribution in [0.3, 0.4) is 0 Å². The van der Waals surface area contributed by atoms with Gasteiger partial charge in [0.2, 0.25) is 11.8 Å². The molecule has 0 unspecified atom stereocenters. The molecule has 12 nitrogen and oxygen atoms in total. The molecule has 0 fully saturated rings. The molecule has 2 rings (SSSR count). The Labute approximate surface area is 252 Å². The van der Waals surface area contributed by atoms with Gasteiger partial charge in [0.1, 0.15) is 29.1 Å². The first-order valence-electron chi connectivity index (χ1n) is 13.8. The lowest BCUT2D eigenvalue weighted by atomic mass is 9.91. The molecule has 0 radical (unpaired) electrons. The molecule has 232 valence electrons. The van der Waals surface area contributed by atoms with E-state index in [1.54, 1.807) is 52.1 Å². The molecule has 1 aromatic carbocycles. The number of nitrogens with zero attached hydrogens (tertiary/aromatic N) is 2. The molecule has 1 heterocycles. The first kappa shape index (κ1) is 34.7. The van der Waals surface area contributed by atoms with Crippen LogP contribution in [-0.2, 0) is 19.0 Å². The van der Waals surface area contributed by atoms with Crippen molar-refractivity contribution in [1.29, 1.82) is 0 Å². The fourth-order valence-corrected chi connectivity index (χ4v) is 3.87. The summed E-state index contributed by atoms with van der Waals surface area (Å²) in [6.45, 7) is 10.5. The van der Waals surface area contributed by atoms with Crippen molar-refractivity contribution in [2.24, 2.45) is 0 Å². The van der Waals surface area contributed by atoms with Crippen molar-refractivity contribution in [3.8, 4) is 17.1 Å². The number of alkyl carbamates (subject to hydrolysis) is 1. The minimum Gasteiger partial charge on any atom is -0.474 e. The van der Waals surface area contributed by atoms with E-state index in [0.717, 1.165) is 0 Å². The van der Waals surface area contributed by atoms with E-state index in [0.29, 0.717) is 35.7 Å². The Morgan fingerprint density at radius 2 is 1.57 bits per heavy atom. The SMILES string of the molecule is CCC(CC)(NC(=O)c1cnc(OCCOC)c(-c2ccc(Cl)cc2)n1)C(=O)NCCOCCNC(=O)OC(C)(C)C. The zero-order valence-corrected chi connectivity index (χ0v) is 25.9. The van der Waals surface area contributed by atoms with Crippen molar-refractivity contribution in [2.45, 2.75) is 58.6 Å². The van der Waals surface area contributed by atoms with E-state index < -0.39 is 23.1 Å². The summed E-state index contributed by atoms with van der Waals surface area (Å²) in [7, 11) is 1.56. The largest absolute Gasteiger partial charge is 0.474 e. The molecule has 0 spiro atoms. The molecule has 0 aliphatic heterocycles. The minimum atomic E-state index is -1.18. The molecule has 13 heteroatoms. The Bertz CT molecular complexity index is 1170. The van der Waals surface area contributed by atoms with Gasteiger partial charge in [-0.2, -0.15) is 0 Å². The highest BCUT2D eigenvalue weighted by molar-refractivity contribution is 6.30. The lowest BCUT2D eigenvalue weighted by Gasteiger charge is -2.31. The van der Waals surface area contributed by atoms with E-state index in [1.807, 2.05) is 13.8 Å². The number of amides is 3. The average Bonchev–Trinajstić information content (AvgIpc) is 2.95. The van der Waals surface area contributed by atoms with Crippen LogP contribution < -0.4 is 20.7 Å². The highest BCUT2D eigenvalue weighted by Crippen LogP contribution is 2.28. The maximum Gasteiger partial charge on any atom is 0.407 e. The van der Waals surface area contributed by atoms with Gasteiger partial charge in [-0.1, -0.05) is 37.6 Å². The third kappa shape index (κ3) is 11.1. The number of carbonyl (C=O) groups excluding carboxylic acids is 3. The van der Waals surface area contributed by atoms with E-state index >= 15 is 0 Å². The van der Waals surface area contributed by atoms with Crippen molar-refractivity contribution in [3.63, 3.8) is 0 Å². The van der Waals surface area contributed by atoms with Crippen molar-refractivity contribution in [1.82, 2.24) is 25.9 Å². The smallest absolute Gasteiger partial charge is 0.407 e. The number of rotatable bonds is 16. The van der Waals surface area contributed by atoms with Crippen LogP contribution in [0.5, 0.6) is 5.88 Å². The van der Waals surface area contributed by atoms with Gasteiger partial charge in [0.05, 0.1) is 26.0 Å². The molecule has 1 aromatic heterocycles. The summed E-state index contributed by atoms with van der Waals surface area (Å²) in [5, 5.41) is 8.83. The van der Waals surface area contributed by atoms with Crippen LogP contribution in [0.25, 0.3) is 11.3 Å². The number of nitrogens with one attached hydrogen (secondary N) is 3. The summed E-state index contributed by atoms with van der Waals surface area (Å²) in [4.78, 5) is 47.1. The van der Waals surface area contributed by atoms with E-state index in [-0.39, 0.29) is 50.4 Å². The van der Waals surface area contributed by atoms with Crippen molar-refractivity contribution in [2.75, 3.05) is 46.6 Å². The molecule has 2 aromatic rings. The first-order valence-corrected chi connectivity index (χ1v) is 14.2. The van der Waals surface area contributed by atoms with Gasteiger partial charge in [0, 0.05) is 30.8 Å². The van der Waals surface area contributed by atoms with Gasteiger partial charge < -0.3 is 34.9 Å². The van der Waals surface area contributed by atoms with Crippen LogP contribution in [0.1, 0.15) is 57.9 Å². The fourth-order valence-electron chi connectivity index (χ4n) is 3.74. The second-order valence-electron chi connectivity index (χ2n) is 10.3. The number of hydrogen-bond acceptors (Lipinski definition) is 9. The van der Waals surface area contributed by atoms with Gasteiger partial charge in [0.15, 0.2) is 0 Å². The number of carbonyl (C=O) groups is 3. The Hall–Kier alpha value is -3.48. The van der Waals surface area contributed by atoms with Gasteiger partial charge >= 0.3 is 6.09 Å². The minimum absolute atomic E-state index is 0.0268. The summed E-state index contributed by atoms with van der Waals surface area (Å²) >= 11 is 6.04. The van der Waals surface area contributed by atoms with Crippen molar-refractivity contribution < 1.29 is 33.3 Å². The summed E-state index contributed by atoms with van der Waals surface area (Å²) in [6.07, 6.45) is 1.47. The molecule has 3 amide bonds. The molecule has 0 bridgehead atoms. The van der Waals surface area contributed by atoms with Crippen LogP contribution in [0.4, 0.5) is 4.79 Å². The first-order chi connectivity index (χ1) is 19.9. The number of ether oxygens (including phenoxy) is 4. The Morgan fingerprint density at radius 1 is 0.929 bits per heavy atom. The van der Waals surface area contributed by atoms with Gasteiger partial charge in [-0.05, 0) is 45.7 Å². The molecule has 0 saturated heterocycles. The van der Waals surface area contributed by atoms with Crippen LogP contribution >= 0.6 is 11.6 Å². The highest BCUT2D eigenvalue weighted by Gasteiger charge is 2.37. The van der Waals surface area contributed by atoms with Gasteiger partial charge in [0.25, 0.3) is 5.91 Å². The van der Waals surface area contributed by atoms with Crippen LogP contribution in [0.2, 0.25) is 5.02 Å². The van der Waals surface area contributed by atoms with E-state index in [9.17, 15) is 14.4 Å². The third-order valence-corrected chi connectivity index (χ3v) is 6.31. The van der Waals surface area contributed by atoms with Crippen molar-refractivity contribution in [3.05, 3.63) is 41.2 Å². The number of aromatic nitrogens is 2. The monoisotopic (exact) mass is 607 g/mol. The van der Waals surface area contributed by atoms with Crippen LogP contribution in [0.15, 0.2) is 30.5 Å². The third-order valence-electron chi connectivity index (χ3n) is 6.06. The highest BCUT2D eigenvalue weighted by atomic mass is 35.5. The lowest BCUT2D eigenvalue weighted by Crippen LogP contribution is -2.58. The molecule has 0 aliphatic rings. The van der Waals surface area contributed by atoms with E-state index in [4.69, 9.17) is 30.5 Å². The summed E-state index contributed by atoms with van der Waals surface area (Å²) in [6, 6.07) is 6.91. The topological polar surface area (TPSA) is 150 Å². The second kappa shape index (κ2) is 16.8. The Balaban J connectivity index is 2.01. The molecule has 0 aliphatic carbocycles. The predicted octanol–water partition coefficient (Wildman–Crippen LogP) is 3.77. The molecule has 3 N–H and O–H groups in total. The number of halogens is 1. The zero-order chi connectivity index (χ0) is 31.2. The quantitative estimate of drug-likeness (QED) is 0.242. The second-order valence-corrected chi connectivity index (χ2v) is 10.7. The lowest BCUT2D eigenvalue weighted by molar-refractivity contribution is -0.128. The number of hydrogen-bond donors (Lipinski definition) is 3. The maximum atomic E-state index is 13.3. The molecule has 0 atom stereocenters. The van der Waals surface area contributed by atoms with Crippen LogP contribution in [0, 0.1) is 0 Å². The van der Waals surface area contributed by atoms with Gasteiger partial charge in [-0.15, -0.1) is 0 Å². The molecule has 0 saturated carbocycles. The molecule has 42 heavy (non-hydrogen) atoms. The predicted molar refractivity (Wildman–Crippen MR) is 159 cm³/mol. The van der Waals surface area contributed by atoms with E-state index in [2.05, 4.69) is 25.9 Å². The molecular formula is C29H42ClN5O7. The molecular weight excluding hydrogens is 566 g/mol. The Morgan fingerprint density at radius 3 is 2.17 bits per heavy atom.